The molecule has 0 spiro atoms. The van der Waals surface area contributed by atoms with E-state index in [1.54, 1.807) is 62.8 Å². The maximum absolute atomic E-state index is 13.1. The second-order valence-corrected chi connectivity index (χ2v) is 7.48. The van der Waals surface area contributed by atoms with Crippen molar-refractivity contribution < 1.29 is 23.8 Å². The van der Waals surface area contributed by atoms with Gasteiger partial charge in [0.25, 0.3) is 5.91 Å². The van der Waals surface area contributed by atoms with Crippen LogP contribution in [0.3, 0.4) is 0 Å². The van der Waals surface area contributed by atoms with Crippen LogP contribution in [0.1, 0.15) is 28.4 Å². The molecule has 0 aromatic heterocycles. The Labute approximate surface area is 193 Å². The van der Waals surface area contributed by atoms with Crippen molar-refractivity contribution in [1.29, 1.82) is 0 Å². The Morgan fingerprint density at radius 2 is 1.61 bits per heavy atom. The van der Waals surface area contributed by atoms with Crippen LogP contribution < -0.4 is 14.8 Å². The number of methoxy groups -OCH3 is 2. The van der Waals surface area contributed by atoms with Crippen molar-refractivity contribution in [1.82, 2.24) is 0 Å². The summed E-state index contributed by atoms with van der Waals surface area (Å²) in [6.45, 7) is 3.85. The van der Waals surface area contributed by atoms with Crippen LogP contribution in [0.2, 0.25) is 0 Å². The summed E-state index contributed by atoms with van der Waals surface area (Å²) in [7, 11) is 3.09. The molecular formula is C27H27NO5. The van der Waals surface area contributed by atoms with E-state index in [1.807, 2.05) is 38.1 Å². The molecule has 0 heterocycles. The van der Waals surface area contributed by atoms with E-state index in [1.165, 1.54) is 6.08 Å². The van der Waals surface area contributed by atoms with Crippen molar-refractivity contribution in [3.8, 4) is 11.5 Å². The van der Waals surface area contributed by atoms with E-state index in [-0.39, 0.29) is 0 Å². The SMILES string of the molecule is COc1ccc(/C=C/C(=O)OC(C(=O)Nc2cc(C)ccc2C)c2ccccc2)cc1OC. The average molecular weight is 446 g/mol. The van der Waals surface area contributed by atoms with Crippen molar-refractivity contribution in [2.45, 2.75) is 20.0 Å². The maximum Gasteiger partial charge on any atom is 0.331 e. The third kappa shape index (κ3) is 6.23. The molecule has 0 aliphatic carbocycles. The molecule has 6 heteroatoms. The number of aryl methyl sites for hydroxylation is 2. The third-order valence-electron chi connectivity index (χ3n) is 5.04. The lowest BCUT2D eigenvalue weighted by atomic mass is 10.1. The molecule has 0 fully saturated rings. The third-order valence-corrected chi connectivity index (χ3v) is 5.04. The maximum atomic E-state index is 13.1. The van der Waals surface area contributed by atoms with Crippen molar-refractivity contribution in [2.24, 2.45) is 0 Å². The van der Waals surface area contributed by atoms with Crippen LogP contribution >= 0.6 is 0 Å². The zero-order chi connectivity index (χ0) is 23.8. The largest absolute Gasteiger partial charge is 0.493 e. The molecule has 0 aliphatic heterocycles. The molecule has 3 rings (SSSR count). The number of amides is 1. The molecule has 33 heavy (non-hydrogen) atoms. The van der Waals surface area contributed by atoms with E-state index in [0.717, 1.165) is 16.7 Å². The minimum absolute atomic E-state index is 0.428. The number of carbonyl (C=O) groups excluding carboxylic acids is 2. The van der Waals surface area contributed by atoms with Crippen LogP contribution in [0.4, 0.5) is 5.69 Å². The van der Waals surface area contributed by atoms with Crippen LogP contribution in [0.5, 0.6) is 11.5 Å². The first-order valence-corrected chi connectivity index (χ1v) is 10.4. The summed E-state index contributed by atoms with van der Waals surface area (Å²) in [5.41, 5.74) is 3.91. The average Bonchev–Trinajstić information content (AvgIpc) is 2.83. The number of ether oxygens (including phenoxy) is 3. The molecular weight excluding hydrogens is 418 g/mol. The summed E-state index contributed by atoms with van der Waals surface area (Å²) in [6, 6.07) is 20.0. The van der Waals surface area contributed by atoms with Gasteiger partial charge in [0.2, 0.25) is 6.10 Å². The first-order chi connectivity index (χ1) is 15.9. The summed E-state index contributed by atoms with van der Waals surface area (Å²) < 4.78 is 16.1. The van der Waals surface area contributed by atoms with Crippen LogP contribution in [0, 0.1) is 13.8 Å². The van der Waals surface area contributed by atoms with Crippen LogP contribution in [-0.4, -0.2) is 26.1 Å². The standard InChI is InChI=1S/C27H27NO5/c1-18-10-11-19(2)22(16-18)28-27(30)26(21-8-6-5-7-9-21)33-25(29)15-13-20-12-14-23(31-3)24(17-20)32-4/h5-17,26H,1-4H3,(H,28,30)/b15-13+. The molecule has 170 valence electrons. The van der Waals surface area contributed by atoms with Crippen molar-refractivity contribution >= 4 is 23.6 Å². The Morgan fingerprint density at radius 3 is 2.30 bits per heavy atom. The van der Waals surface area contributed by atoms with Crippen molar-refractivity contribution in [2.75, 3.05) is 19.5 Å². The number of nitrogens with one attached hydrogen (secondary N) is 1. The Hall–Kier alpha value is -4.06. The zero-order valence-corrected chi connectivity index (χ0v) is 19.1. The predicted molar refractivity (Wildman–Crippen MR) is 128 cm³/mol. The van der Waals surface area contributed by atoms with Gasteiger partial charge in [-0.3, -0.25) is 4.79 Å². The molecule has 0 saturated carbocycles. The first kappa shape index (κ1) is 23.6. The van der Waals surface area contributed by atoms with Crippen LogP contribution in [0.25, 0.3) is 6.08 Å². The molecule has 0 radical (unpaired) electrons. The minimum atomic E-state index is -1.10. The van der Waals surface area contributed by atoms with E-state index < -0.39 is 18.0 Å². The topological polar surface area (TPSA) is 73.9 Å². The molecule has 0 aliphatic rings. The summed E-state index contributed by atoms with van der Waals surface area (Å²) >= 11 is 0. The van der Waals surface area contributed by atoms with Gasteiger partial charge in [-0.1, -0.05) is 48.5 Å². The number of carbonyl (C=O) groups is 2. The Balaban J connectivity index is 1.79. The summed E-state index contributed by atoms with van der Waals surface area (Å²) in [4.78, 5) is 25.7. The normalized spacial score (nSPS) is 11.6. The molecule has 0 bridgehead atoms. The molecule has 1 N–H and O–H groups in total. The van der Waals surface area contributed by atoms with Crippen LogP contribution in [0.15, 0.2) is 72.8 Å². The smallest absolute Gasteiger partial charge is 0.331 e. The lowest BCUT2D eigenvalue weighted by molar-refractivity contribution is -0.149. The molecule has 1 atom stereocenters. The van der Waals surface area contributed by atoms with Gasteiger partial charge in [-0.25, -0.2) is 4.79 Å². The van der Waals surface area contributed by atoms with Gasteiger partial charge >= 0.3 is 5.97 Å². The fraction of sp³-hybridized carbons (Fsp3) is 0.185. The predicted octanol–water partition coefficient (Wildman–Crippen LogP) is 5.26. The molecule has 0 saturated heterocycles. The van der Waals surface area contributed by atoms with Gasteiger partial charge < -0.3 is 19.5 Å². The molecule has 1 unspecified atom stereocenters. The molecule has 3 aromatic carbocycles. The lowest BCUT2D eigenvalue weighted by Gasteiger charge is -2.18. The van der Waals surface area contributed by atoms with Crippen molar-refractivity contribution in [3.05, 3.63) is 95.1 Å². The Bertz CT molecular complexity index is 1150. The lowest BCUT2D eigenvalue weighted by Crippen LogP contribution is -2.25. The number of esters is 1. The Morgan fingerprint density at radius 1 is 0.879 bits per heavy atom. The summed E-state index contributed by atoms with van der Waals surface area (Å²) in [6.07, 6.45) is 1.77. The van der Waals surface area contributed by atoms with E-state index in [9.17, 15) is 9.59 Å². The van der Waals surface area contributed by atoms with Gasteiger partial charge in [0.05, 0.1) is 14.2 Å². The van der Waals surface area contributed by atoms with Gasteiger partial charge in [0.1, 0.15) is 0 Å². The minimum Gasteiger partial charge on any atom is -0.493 e. The molecule has 1 amide bonds. The van der Waals surface area contributed by atoms with Crippen LogP contribution in [-0.2, 0) is 14.3 Å². The second kappa shape index (κ2) is 11.0. The van der Waals surface area contributed by atoms with E-state index in [4.69, 9.17) is 14.2 Å². The van der Waals surface area contributed by atoms with E-state index in [0.29, 0.717) is 22.7 Å². The molecule has 3 aromatic rings. The van der Waals surface area contributed by atoms with Crippen molar-refractivity contribution in [3.63, 3.8) is 0 Å². The molecule has 6 nitrogen and oxygen atoms in total. The van der Waals surface area contributed by atoms with Gasteiger partial charge in [0.15, 0.2) is 11.5 Å². The fourth-order valence-electron chi connectivity index (χ4n) is 3.25. The fourth-order valence-corrected chi connectivity index (χ4v) is 3.25. The van der Waals surface area contributed by atoms with Gasteiger partial charge in [-0.15, -0.1) is 0 Å². The van der Waals surface area contributed by atoms with E-state index in [2.05, 4.69) is 5.32 Å². The monoisotopic (exact) mass is 445 g/mol. The highest BCUT2D eigenvalue weighted by atomic mass is 16.5. The number of rotatable bonds is 8. The summed E-state index contributed by atoms with van der Waals surface area (Å²) in [5.74, 6) is 0.0603. The number of benzene rings is 3. The van der Waals surface area contributed by atoms with Gasteiger partial charge in [0, 0.05) is 17.3 Å². The highest BCUT2D eigenvalue weighted by Crippen LogP contribution is 2.28. The van der Waals surface area contributed by atoms with Gasteiger partial charge in [-0.05, 0) is 54.8 Å². The first-order valence-electron chi connectivity index (χ1n) is 10.4. The number of hydrogen-bond acceptors (Lipinski definition) is 5. The number of anilines is 1. The Kier molecular flexibility index (Phi) is 7.86. The van der Waals surface area contributed by atoms with Gasteiger partial charge in [-0.2, -0.15) is 0 Å². The highest BCUT2D eigenvalue weighted by Gasteiger charge is 2.24. The highest BCUT2D eigenvalue weighted by molar-refractivity contribution is 5.98. The zero-order valence-electron chi connectivity index (χ0n) is 19.1. The quantitative estimate of drug-likeness (QED) is 0.378. The second-order valence-electron chi connectivity index (χ2n) is 7.48. The summed E-state index contributed by atoms with van der Waals surface area (Å²) in [5, 5.41) is 2.89. The number of hydrogen-bond donors (Lipinski definition) is 1. The van der Waals surface area contributed by atoms with E-state index >= 15 is 0 Å².